The largest absolute Gasteiger partial charge is 0.423 e. The summed E-state index contributed by atoms with van der Waals surface area (Å²) in [4.78, 5) is 39.0. The van der Waals surface area contributed by atoms with Crippen LogP contribution < -0.4 is 4.74 Å². The summed E-state index contributed by atoms with van der Waals surface area (Å²) >= 11 is 6.38. The molecule has 0 N–H and O–H groups in total. The fraction of sp³-hybridized carbons (Fsp3) is 0.0417. The molecule has 0 aromatic heterocycles. The Bertz CT molecular complexity index is 1230. The van der Waals surface area contributed by atoms with Gasteiger partial charge >= 0.3 is 5.97 Å². The van der Waals surface area contributed by atoms with Crippen LogP contribution in [0.2, 0.25) is 0 Å². The highest BCUT2D eigenvalue weighted by Gasteiger charge is 2.34. The van der Waals surface area contributed by atoms with Gasteiger partial charge in [-0.1, -0.05) is 52.3 Å². The molecule has 32 heavy (non-hydrogen) atoms. The molecule has 0 aliphatic carbocycles. The van der Waals surface area contributed by atoms with E-state index in [0.717, 1.165) is 30.9 Å². The number of ether oxygens (including phenoxy) is 1. The van der Waals surface area contributed by atoms with Crippen molar-refractivity contribution in [1.82, 2.24) is 4.90 Å². The smallest absolute Gasteiger partial charge is 0.344 e. The molecule has 1 heterocycles. The van der Waals surface area contributed by atoms with Crippen LogP contribution in [0.5, 0.6) is 5.75 Å². The summed E-state index contributed by atoms with van der Waals surface area (Å²) in [6.45, 7) is 0.225. The summed E-state index contributed by atoms with van der Waals surface area (Å²) in [5.41, 5.74) is 2.10. The van der Waals surface area contributed by atoms with Crippen LogP contribution in [-0.2, 0) is 11.3 Å². The van der Waals surface area contributed by atoms with Crippen LogP contribution >= 0.6 is 50.3 Å². The van der Waals surface area contributed by atoms with Crippen molar-refractivity contribution < 1.29 is 19.1 Å². The number of carbonyl (C=O) groups is 3. The third kappa shape index (κ3) is 5.31. The summed E-state index contributed by atoms with van der Waals surface area (Å²) in [5.74, 6) is -0.357. The maximum atomic E-state index is 12.7. The minimum Gasteiger partial charge on any atom is -0.423 e. The first kappa shape index (κ1) is 22.8. The second kappa shape index (κ2) is 10.0. The van der Waals surface area contributed by atoms with Gasteiger partial charge in [0, 0.05) is 8.04 Å². The lowest BCUT2D eigenvalue weighted by atomic mass is 10.2. The van der Waals surface area contributed by atoms with Gasteiger partial charge in [0.15, 0.2) is 0 Å². The van der Waals surface area contributed by atoms with Crippen molar-refractivity contribution in [3.05, 3.63) is 102 Å². The molecule has 0 saturated carbocycles. The second-order valence-corrected chi connectivity index (χ2v) is 9.90. The normalized spacial score (nSPS) is 14.8. The molecule has 4 rings (SSSR count). The SMILES string of the molecule is O=C(Oc1ccc(/C=C2\SC(=O)N(Cc3ccc(Br)cc3)C2=O)cc1)c1ccccc1I. The number of nitrogens with zero attached hydrogens (tertiary/aromatic N) is 1. The monoisotopic (exact) mass is 619 g/mol. The number of amides is 2. The van der Waals surface area contributed by atoms with E-state index in [4.69, 9.17) is 4.74 Å². The van der Waals surface area contributed by atoms with Crippen molar-refractivity contribution >= 4 is 73.5 Å². The molecule has 1 saturated heterocycles. The van der Waals surface area contributed by atoms with Crippen molar-refractivity contribution in [3.63, 3.8) is 0 Å². The van der Waals surface area contributed by atoms with Gasteiger partial charge in [-0.15, -0.1) is 0 Å². The number of halogens is 2. The van der Waals surface area contributed by atoms with Gasteiger partial charge in [0.05, 0.1) is 17.0 Å². The van der Waals surface area contributed by atoms with E-state index in [0.29, 0.717) is 16.2 Å². The Balaban J connectivity index is 1.44. The molecule has 0 spiro atoms. The summed E-state index contributed by atoms with van der Waals surface area (Å²) in [7, 11) is 0. The molecule has 3 aromatic rings. The van der Waals surface area contributed by atoms with Gasteiger partial charge in [0.25, 0.3) is 11.1 Å². The van der Waals surface area contributed by atoms with Crippen LogP contribution in [0.15, 0.2) is 82.2 Å². The Morgan fingerprint density at radius 3 is 2.38 bits per heavy atom. The van der Waals surface area contributed by atoms with Gasteiger partial charge in [0.2, 0.25) is 0 Å². The third-order valence-electron chi connectivity index (χ3n) is 4.61. The Kier molecular flexibility index (Phi) is 7.12. The minimum absolute atomic E-state index is 0.225. The number of hydrogen-bond acceptors (Lipinski definition) is 5. The van der Waals surface area contributed by atoms with Crippen LogP contribution in [0, 0.1) is 3.57 Å². The maximum Gasteiger partial charge on any atom is 0.344 e. The molecule has 3 aromatic carbocycles. The van der Waals surface area contributed by atoms with E-state index in [-0.39, 0.29) is 17.7 Å². The van der Waals surface area contributed by atoms with Gasteiger partial charge < -0.3 is 4.74 Å². The molecule has 160 valence electrons. The highest BCUT2D eigenvalue weighted by Crippen LogP contribution is 2.33. The summed E-state index contributed by atoms with van der Waals surface area (Å²) in [6.07, 6.45) is 1.66. The standard InChI is InChI=1S/C24H15BrINO4S/c25-17-9-5-16(6-10-17)14-27-22(28)21(32-24(27)30)13-15-7-11-18(12-8-15)31-23(29)19-3-1-2-4-20(19)26/h1-13H,14H2/b21-13-. The Morgan fingerprint density at radius 2 is 1.69 bits per heavy atom. The van der Waals surface area contributed by atoms with Crippen molar-refractivity contribution in [3.8, 4) is 5.75 Å². The molecule has 1 fully saturated rings. The first-order valence-corrected chi connectivity index (χ1v) is 12.2. The molecule has 1 aliphatic rings. The van der Waals surface area contributed by atoms with Crippen LogP contribution in [0.3, 0.4) is 0 Å². The van der Waals surface area contributed by atoms with Gasteiger partial charge in [-0.2, -0.15) is 0 Å². The second-order valence-electron chi connectivity index (χ2n) is 6.83. The zero-order valence-electron chi connectivity index (χ0n) is 16.5. The first-order chi connectivity index (χ1) is 15.4. The maximum absolute atomic E-state index is 12.7. The molecular weight excluding hydrogens is 605 g/mol. The molecule has 5 nitrogen and oxygen atoms in total. The first-order valence-electron chi connectivity index (χ1n) is 9.47. The topological polar surface area (TPSA) is 63.7 Å². The Labute approximate surface area is 211 Å². The zero-order valence-corrected chi connectivity index (χ0v) is 21.0. The number of benzene rings is 3. The number of imide groups is 1. The number of hydrogen-bond donors (Lipinski definition) is 0. The number of esters is 1. The van der Waals surface area contributed by atoms with Crippen molar-refractivity contribution in [2.24, 2.45) is 0 Å². The number of thioether (sulfide) groups is 1. The molecule has 0 atom stereocenters. The highest BCUT2D eigenvalue weighted by atomic mass is 127. The molecule has 0 bridgehead atoms. The molecule has 1 aliphatic heterocycles. The lowest BCUT2D eigenvalue weighted by Crippen LogP contribution is -2.27. The summed E-state index contributed by atoms with van der Waals surface area (Å²) in [5, 5.41) is -0.299. The van der Waals surface area contributed by atoms with E-state index < -0.39 is 5.97 Å². The predicted octanol–water partition coefficient (Wildman–Crippen LogP) is 6.51. The predicted molar refractivity (Wildman–Crippen MR) is 136 cm³/mol. The molecule has 0 unspecified atom stereocenters. The van der Waals surface area contributed by atoms with Crippen molar-refractivity contribution in [1.29, 1.82) is 0 Å². The van der Waals surface area contributed by atoms with Crippen LogP contribution in [0.25, 0.3) is 6.08 Å². The van der Waals surface area contributed by atoms with E-state index in [1.165, 1.54) is 4.90 Å². The quantitative estimate of drug-likeness (QED) is 0.141. The van der Waals surface area contributed by atoms with Crippen molar-refractivity contribution in [2.45, 2.75) is 6.54 Å². The van der Waals surface area contributed by atoms with Gasteiger partial charge in [-0.05, 0) is 88.0 Å². The van der Waals surface area contributed by atoms with Crippen LogP contribution in [0.1, 0.15) is 21.5 Å². The molecule has 8 heteroatoms. The van der Waals surface area contributed by atoms with Gasteiger partial charge in [-0.3, -0.25) is 14.5 Å². The average molecular weight is 620 g/mol. The molecule has 2 amide bonds. The number of carbonyl (C=O) groups excluding carboxylic acids is 3. The van der Waals surface area contributed by atoms with E-state index in [1.807, 2.05) is 36.4 Å². The van der Waals surface area contributed by atoms with Crippen molar-refractivity contribution in [2.75, 3.05) is 0 Å². The Hall–Kier alpha value is -2.43. The Morgan fingerprint density at radius 1 is 1.00 bits per heavy atom. The molecule has 0 radical (unpaired) electrons. The van der Waals surface area contributed by atoms with E-state index in [2.05, 4.69) is 38.5 Å². The van der Waals surface area contributed by atoms with Gasteiger partial charge in [-0.25, -0.2) is 4.79 Å². The fourth-order valence-corrected chi connectivity index (χ4v) is 4.69. The average Bonchev–Trinajstić information content (AvgIpc) is 3.04. The lowest BCUT2D eigenvalue weighted by molar-refractivity contribution is -0.123. The van der Waals surface area contributed by atoms with E-state index >= 15 is 0 Å². The highest BCUT2D eigenvalue weighted by molar-refractivity contribution is 14.1. The lowest BCUT2D eigenvalue weighted by Gasteiger charge is -2.12. The minimum atomic E-state index is -0.434. The summed E-state index contributed by atoms with van der Waals surface area (Å²) < 4.78 is 7.18. The van der Waals surface area contributed by atoms with Gasteiger partial charge in [0.1, 0.15) is 5.75 Å². The van der Waals surface area contributed by atoms with E-state index in [9.17, 15) is 14.4 Å². The van der Waals surface area contributed by atoms with E-state index in [1.54, 1.807) is 42.5 Å². The van der Waals surface area contributed by atoms with Crippen LogP contribution in [0.4, 0.5) is 4.79 Å². The van der Waals surface area contributed by atoms with Crippen LogP contribution in [-0.4, -0.2) is 22.0 Å². The fourth-order valence-electron chi connectivity index (χ4n) is 2.98. The zero-order chi connectivity index (χ0) is 22.7. The molecular formula is C24H15BrINO4S. The number of rotatable bonds is 5. The third-order valence-corrected chi connectivity index (χ3v) is 6.99. The summed E-state index contributed by atoms with van der Waals surface area (Å²) in [6, 6.07) is 21.5.